The molecule has 0 fully saturated rings. The molecule has 0 saturated carbocycles. The molecule has 2 aromatic carbocycles. The highest BCUT2D eigenvalue weighted by Crippen LogP contribution is 2.17. The van der Waals surface area contributed by atoms with Crippen LogP contribution in [-0.2, 0) is 10.0 Å². The van der Waals surface area contributed by atoms with Crippen LogP contribution in [0.15, 0.2) is 53.4 Å². The van der Waals surface area contributed by atoms with E-state index in [9.17, 15) is 13.2 Å². The first kappa shape index (κ1) is 15.0. The van der Waals surface area contributed by atoms with Crippen molar-refractivity contribution in [2.45, 2.75) is 11.8 Å². The zero-order chi connectivity index (χ0) is 15.5. The maximum atomic E-state index is 12.2. The van der Waals surface area contributed by atoms with Crippen molar-refractivity contribution in [3.8, 4) is 0 Å². The minimum absolute atomic E-state index is 0.158. The van der Waals surface area contributed by atoms with E-state index in [0.717, 1.165) is 5.56 Å². The number of rotatable bonds is 4. The number of benzene rings is 2. The Kier molecular flexibility index (Phi) is 4.25. The van der Waals surface area contributed by atoms with Crippen molar-refractivity contribution in [1.29, 1.82) is 0 Å². The van der Waals surface area contributed by atoms with Gasteiger partial charge in [0.05, 0.1) is 4.90 Å². The van der Waals surface area contributed by atoms with Crippen molar-refractivity contribution in [2.24, 2.45) is 0 Å². The second kappa shape index (κ2) is 5.94. The van der Waals surface area contributed by atoms with E-state index in [1.54, 1.807) is 12.1 Å². The van der Waals surface area contributed by atoms with E-state index in [1.165, 1.54) is 41.9 Å². The van der Waals surface area contributed by atoms with Gasteiger partial charge in [0.2, 0.25) is 0 Å². The minimum atomic E-state index is -3.67. The van der Waals surface area contributed by atoms with E-state index in [4.69, 9.17) is 5.21 Å². The summed E-state index contributed by atoms with van der Waals surface area (Å²) < 4.78 is 26.7. The molecule has 6 nitrogen and oxygen atoms in total. The average Bonchev–Trinajstić information content (AvgIpc) is 2.47. The van der Waals surface area contributed by atoms with Crippen molar-refractivity contribution in [1.82, 2.24) is 5.48 Å². The maximum Gasteiger partial charge on any atom is 0.274 e. The van der Waals surface area contributed by atoms with Crippen LogP contribution in [0.2, 0.25) is 0 Å². The Morgan fingerprint density at radius 2 is 1.57 bits per heavy atom. The summed E-state index contributed by atoms with van der Waals surface area (Å²) in [6, 6.07) is 12.1. The molecule has 7 heteroatoms. The smallest absolute Gasteiger partial charge is 0.274 e. The minimum Gasteiger partial charge on any atom is -0.288 e. The van der Waals surface area contributed by atoms with Gasteiger partial charge in [0.15, 0.2) is 0 Å². The summed E-state index contributed by atoms with van der Waals surface area (Å²) in [6.45, 7) is 1.87. The number of hydroxylamine groups is 1. The number of carbonyl (C=O) groups excluding carboxylic acids is 1. The molecule has 0 bridgehead atoms. The third kappa shape index (κ3) is 3.59. The zero-order valence-corrected chi connectivity index (χ0v) is 12.0. The number of nitrogens with one attached hydrogen (secondary N) is 2. The molecular formula is C14H14N2O4S. The van der Waals surface area contributed by atoms with Gasteiger partial charge in [-0.25, -0.2) is 13.9 Å². The SMILES string of the molecule is Cc1ccc(S(=O)(=O)Nc2ccc(C(=O)NO)cc2)cc1. The van der Waals surface area contributed by atoms with Crippen LogP contribution in [0.3, 0.4) is 0 Å². The van der Waals surface area contributed by atoms with Crippen molar-refractivity contribution >= 4 is 21.6 Å². The molecule has 0 aliphatic heterocycles. The summed E-state index contributed by atoms with van der Waals surface area (Å²) in [6.07, 6.45) is 0. The summed E-state index contributed by atoms with van der Waals surface area (Å²) in [5.41, 5.74) is 3.01. The van der Waals surface area contributed by atoms with Crippen LogP contribution in [0.4, 0.5) is 5.69 Å². The average molecular weight is 306 g/mol. The molecular weight excluding hydrogens is 292 g/mol. The van der Waals surface area contributed by atoms with Gasteiger partial charge in [-0.2, -0.15) is 0 Å². The third-order valence-electron chi connectivity index (χ3n) is 2.83. The van der Waals surface area contributed by atoms with Crippen LogP contribution < -0.4 is 10.2 Å². The normalized spacial score (nSPS) is 11.0. The number of sulfonamides is 1. The van der Waals surface area contributed by atoms with Gasteiger partial charge in [-0.15, -0.1) is 0 Å². The molecule has 0 aliphatic rings. The van der Waals surface area contributed by atoms with Gasteiger partial charge in [-0.1, -0.05) is 17.7 Å². The lowest BCUT2D eigenvalue weighted by Gasteiger charge is -2.08. The Labute approximate surface area is 122 Å². The molecule has 0 radical (unpaired) electrons. The number of aryl methyl sites for hydroxylation is 1. The van der Waals surface area contributed by atoms with Gasteiger partial charge < -0.3 is 0 Å². The molecule has 1 amide bonds. The van der Waals surface area contributed by atoms with E-state index in [2.05, 4.69) is 4.72 Å². The van der Waals surface area contributed by atoms with E-state index in [0.29, 0.717) is 5.69 Å². The highest BCUT2D eigenvalue weighted by atomic mass is 32.2. The molecule has 0 atom stereocenters. The molecule has 110 valence electrons. The lowest BCUT2D eigenvalue weighted by atomic mass is 10.2. The van der Waals surface area contributed by atoms with Crippen LogP contribution in [0, 0.1) is 6.92 Å². The maximum absolute atomic E-state index is 12.2. The quantitative estimate of drug-likeness (QED) is 0.594. The Morgan fingerprint density at radius 3 is 2.10 bits per heavy atom. The predicted octanol–water partition coefficient (Wildman–Crippen LogP) is 1.91. The van der Waals surface area contributed by atoms with Crippen LogP contribution in [0.1, 0.15) is 15.9 Å². The van der Waals surface area contributed by atoms with Crippen molar-refractivity contribution in [3.63, 3.8) is 0 Å². The lowest BCUT2D eigenvalue weighted by molar-refractivity contribution is 0.0706. The molecule has 0 saturated heterocycles. The number of carbonyl (C=O) groups is 1. The van der Waals surface area contributed by atoms with E-state index in [-0.39, 0.29) is 10.5 Å². The summed E-state index contributed by atoms with van der Waals surface area (Å²) in [5, 5.41) is 8.50. The summed E-state index contributed by atoms with van der Waals surface area (Å²) >= 11 is 0. The second-order valence-electron chi connectivity index (χ2n) is 4.44. The zero-order valence-electron chi connectivity index (χ0n) is 11.2. The Morgan fingerprint density at radius 1 is 1.00 bits per heavy atom. The van der Waals surface area contributed by atoms with E-state index in [1.807, 2.05) is 6.92 Å². The van der Waals surface area contributed by atoms with Gasteiger partial charge in [0, 0.05) is 11.3 Å². The Balaban J connectivity index is 2.20. The van der Waals surface area contributed by atoms with Gasteiger partial charge >= 0.3 is 0 Å². The van der Waals surface area contributed by atoms with Crippen LogP contribution >= 0.6 is 0 Å². The second-order valence-corrected chi connectivity index (χ2v) is 6.12. The first-order chi connectivity index (χ1) is 9.92. The number of amides is 1. The standard InChI is InChI=1S/C14H14N2O4S/c1-10-2-8-13(9-3-10)21(19,20)16-12-6-4-11(5-7-12)14(17)15-18/h2-9,16,18H,1H3,(H,15,17). The summed E-state index contributed by atoms with van der Waals surface area (Å²) in [7, 11) is -3.67. The molecule has 0 aromatic heterocycles. The van der Waals surface area contributed by atoms with Crippen LogP contribution in [0.25, 0.3) is 0 Å². The predicted molar refractivity (Wildman–Crippen MR) is 77.7 cm³/mol. The van der Waals surface area contributed by atoms with E-state index < -0.39 is 15.9 Å². The highest BCUT2D eigenvalue weighted by molar-refractivity contribution is 7.92. The van der Waals surface area contributed by atoms with E-state index >= 15 is 0 Å². The Hall–Kier alpha value is -2.38. The molecule has 3 N–H and O–H groups in total. The van der Waals surface area contributed by atoms with Gasteiger partial charge in [-0.05, 0) is 43.3 Å². The number of anilines is 1. The fourth-order valence-electron chi connectivity index (χ4n) is 1.69. The monoisotopic (exact) mass is 306 g/mol. The molecule has 0 heterocycles. The van der Waals surface area contributed by atoms with Crippen molar-refractivity contribution < 1.29 is 18.4 Å². The number of hydrogen-bond acceptors (Lipinski definition) is 4. The molecule has 2 rings (SSSR count). The first-order valence-corrected chi connectivity index (χ1v) is 7.55. The molecule has 0 spiro atoms. The Bertz CT molecular complexity index is 738. The molecule has 0 aliphatic carbocycles. The van der Waals surface area contributed by atoms with Gasteiger partial charge in [0.1, 0.15) is 0 Å². The third-order valence-corrected chi connectivity index (χ3v) is 4.23. The highest BCUT2D eigenvalue weighted by Gasteiger charge is 2.14. The molecule has 21 heavy (non-hydrogen) atoms. The molecule has 0 unspecified atom stereocenters. The molecule has 2 aromatic rings. The van der Waals surface area contributed by atoms with Crippen LogP contribution in [0.5, 0.6) is 0 Å². The fourth-order valence-corrected chi connectivity index (χ4v) is 2.74. The van der Waals surface area contributed by atoms with Crippen molar-refractivity contribution in [3.05, 3.63) is 59.7 Å². The van der Waals surface area contributed by atoms with Crippen molar-refractivity contribution in [2.75, 3.05) is 4.72 Å². The fraction of sp³-hybridized carbons (Fsp3) is 0.0714. The van der Waals surface area contributed by atoms with Gasteiger partial charge in [-0.3, -0.25) is 14.7 Å². The van der Waals surface area contributed by atoms with Crippen LogP contribution in [-0.4, -0.2) is 19.5 Å². The first-order valence-electron chi connectivity index (χ1n) is 6.06. The summed E-state index contributed by atoms with van der Waals surface area (Å²) in [4.78, 5) is 11.3. The largest absolute Gasteiger partial charge is 0.288 e. The lowest BCUT2D eigenvalue weighted by Crippen LogP contribution is -2.18. The summed E-state index contributed by atoms with van der Waals surface area (Å²) in [5.74, 6) is -0.664. The topological polar surface area (TPSA) is 95.5 Å². The number of hydrogen-bond donors (Lipinski definition) is 3. The van der Waals surface area contributed by atoms with Gasteiger partial charge in [0.25, 0.3) is 15.9 Å².